The summed E-state index contributed by atoms with van der Waals surface area (Å²) in [4.78, 5) is 13.7. The van der Waals surface area contributed by atoms with Crippen molar-refractivity contribution < 1.29 is 4.79 Å². The SMILES string of the molecule is O=Cc1cccn1Cc1ccc[nH]1. The molecule has 0 atom stereocenters. The highest BCUT2D eigenvalue weighted by atomic mass is 16.1. The second-order valence-electron chi connectivity index (χ2n) is 2.87. The van der Waals surface area contributed by atoms with Crippen LogP contribution < -0.4 is 0 Å². The average molecular weight is 174 g/mol. The smallest absolute Gasteiger partial charge is 0.166 e. The molecule has 0 aliphatic carbocycles. The number of carbonyl (C=O) groups is 1. The molecule has 0 aliphatic rings. The molecule has 3 nitrogen and oxygen atoms in total. The van der Waals surface area contributed by atoms with Crippen molar-refractivity contribution in [2.75, 3.05) is 0 Å². The van der Waals surface area contributed by atoms with Gasteiger partial charge in [0.05, 0.1) is 12.2 Å². The summed E-state index contributed by atoms with van der Waals surface area (Å²) in [6.07, 6.45) is 4.63. The van der Waals surface area contributed by atoms with Crippen molar-refractivity contribution in [3.63, 3.8) is 0 Å². The van der Waals surface area contributed by atoms with Crippen LogP contribution in [0.4, 0.5) is 0 Å². The van der Waals surface area contributed by atoms with E-state index in [1.807, 2.05) is 35.2 Å². The quantitative estimate of drug-likeness (QED) is 0.706. The van der Waals surface area contributed by atoms with Crippen LogP contribution in [0.3, 0.4) is 0 Å². The molecule has 0 saturated carbocycles. The molecule has 2 aromatic rings. The van der Waals surface area contributed by atoms with Crippen molar-refractivity contribution >= 4 is 6.29 Å². The minimum atomic E-state index is 0.703. The molecule has 0 bridgehead atoms. The van der Waals surface area contributed by atoms with Crippen molar-refractivity contribution in [2.45, 2.75) is 6.54 Å². The van der Waals surface area contributed by atoms with Crippen molar-refractivity contribution in [2.24, 2.45) is 0 Å². The first-order valence-electron chi connectivity index (χ1n) is 4.13. The molecule has 3 heteroatoms. The fraction of sp³-hybridized carbons (Fsp3) is 0.100. The van der Waals surface area contributed by atoms with Gasteiger partial charge in [0, 0.05) is 18.1 Å². The standard InChI is InChI=1S/C10H10N2O/c13-8-10-4-2-6-12(10)7-9-3-1-5-11-9/h1-6,8,11H,7H2. The highest BCUT2D eigenvalue weighted by molar-refractivity contribution is 5.72. The molecule has 2 heterocycles. The molecule has 2 rings (SSSR count). The van der Waals surface area contributed by atoms with Gasteiger partial charge >= 0.3 is 0 Å². The fourth-order valence-electron chi connectivity index (χ4n) is 1.33. The number of aromatic amines is 1. The summed E-state index contributed by atoms with van der Waals surface area (Å²) in [5, 5.41) is 0. The minimum Gasteiger partial charge on any atom is -0.364 e. The average Bonchev–Trinajstić information content (AvgIpc) is 2.76. The van der Waals surface area contributed by atoms with E-state index in [4.69, 9.17) is 0 Å². The van der Waals surface area contributed by atoms with Crippen molar-refractivity contribution in [1.82, 2.24) is 9.55 Å². The molecule has 0 radical (unpaired) electrons. The van der Waals surface area contributed by atoms with Gasteiger partial charge < -0.3 is 9.55 Å². The zero-order valence-electron chi connectivity index (χ0n) is 7.10. The molecule has 0 spiro atoms. The highest BCUT2D eigenvalue weighted by Crippen LogP contribution is 2.03. The monoisotopic (exact) mass is 174 g/mol. The van der Waals surface area contributed by atoms with E-state index in [0.29, 0.717) is 12.2 Å². The maximum Gasteiger partial charge on any atom is 0.166 e. The number of aldehydes is 1. The minimum absolute atomic E-state index is 0.703. The van der Waals surface area contributed by atoms with E-state index >= 15 is 0 Å². The van der Waals surface area contributed by atoms with Crippen LogP contribution in [0.25, 0.3) is 0 Å². The first-order chi connectivity index (χ1) is 6.40. The van der Waals surface area contributed by atoms with E-state index in [1.54, 1.807) is 6.07 Å². The number of rotatable bonds is 3. The maximum atomic E-state index is 10.6. The topological polar surface area (TPSA) is 37.8 Å². The van der Waals surface area contributed by atoms with Gasteiger partial charge in [0.25, 0.3) is 0 Å². The van der Waals surface area contributed by atoms with E-state index < -0.39 is 0 Å². The molecule has 0 fully saturated rings. The largest absolute Gasteiger partial charge is 0.364 e. The number of nitrogens with one attached hydrogen (secondary N) is 1. The molecular weight excluding hydrogens is 164 g/mol. The summed E-state index contributed by atoms with van der Waals surface area (Å²) in [5.74, 6) is 0. The summed E-state index contributed by atoms with van der Waals surface area (Å²) in [6.45, 7) is 0.716. The third-order valence-corrected chi connectivity index (χ3v) is 1.99. The Hall–Kier alpha value is -1.77. The molecule has 0 aliphatic heterocycles. The summed E-state index contributed by atoms with van der Waals surface area (Å²) < 4.78 is 1.90. The predicted octanol–water partition coefficient (Wildman–Crippen LogP) is 1.68. The Labute approximate surface area is 76.0 Å². The molecule has 0 saturated heterocycles. The second-order valence-corrected chi connectivity index (χ2v) is 2.87. The number of H-pyrrole nitrogens is 1. The number of nitrogens with zero attached hydrogens (tertiary/aromatic N) is 1. The van der Waals surface area contributed by atoms with E-state index in [9.17, 15) is 4.79 Å². The molecule has 1 N–H and O–H groups in total. The molecular formula is C10H10N2O. The van der Waals surface area contributed by atoms with Gasteiger partial charge in [-0.2, -0.15) is 0 Å². The van der Waals surface area contributed by atoms with Crippen molar-refractivity contribution in [1.29, 1.82) is 0 Å². The summed E-state index contributed by atoms with van der Waals surface area (Å²) in [6, 6.07) is 7.61. The fourth-order valence-corrected chi connectivity index (χ4v) is 1.33. The number of carbonyl (C=O) groups excluding carboxylic acids is 1. The molecule has 0 unspecified atom stereocenters. The Kier molecular flexibility index (Phi) is 2.00. The van der Waals surface area contributed by atoms with Crippen molar-refractivity contribution in [3.8, 4) is 0 Å². The lowest BCUT2D eigenvalue weighted by Gasteiger charge is -2.02. The van der Waals surface area contributed by atoms with Crippen LogP contribution in [0.1, 0.15) is 16.2 Å². The van der Waals surface area contributed by atoms with E-state index in [-0.39, 0.29) is 0 Å². The number of hydrogen-bond donors (Lipinski definition) is 1. The Morgan fingerprint density at radius 1 is 1.38 bits per heavy atom. The van der Waals surface area contributed by atoms with Gasteiger partial charge in [-0.1, -0.05) is 0 Å². The van der Waals surface area contributed by atoms with Crippen LogP contribution in [0, 0.1) is 0 Å². The third kappa shape index (κ3) is 1.54. The van der Waals surface area contributed by atoms with Crippen molar-refractivity contribution in [3.05, 3.63) is 48.0 Å². The third-order valence-electron chi connectivity index (χ3n) is 1.99. The molecule has 66 valence electrons. The Morgan fingerprint density at radius 3 is 3.00 bits per heavy atom. The van der Waals surface area contributed by atoms with Crippen LogP contribution in [0.2, 0.25) is 0 Å². The first-order valence-corrected chi connectivity index (χ1v) is 4.13. The zero-order valence-corrected chi connectivity index (χ0v) is 7.10. The normalized spacial score (nSPS) is 10.2. The number of aromatic nitrogens is 2. The Bertz CT molecular complexity index is 387. The Balaban J connectivity index is 2.23. The summed E-state index contributed by atoms with van der Waals surface area (Å²) in [7, 11) is 0. The maximum absolute atomic E-state index is 10.6. The zero-order chi connectivity index (χ0) is 9.10. The van der Waals surface area contributed by atoms with Gasteiger partial charge in [0.2, 0.25) is 0 Å². The molecule has 2 aromatic heterocycles. The molecule has 0 amide bonds. The van der Waals surface area contributed by atoms with Gasteiger partial charge in [0.15, 0.2) is 6.29 Å². The lowest BCUT2D eigenvalue weighted by Crippen LogP contribution is -2.02. The van der Waals surface area contributed by atoms with E-state index in [2.05, 4.69) is 4.98 Å². The summed E-state index contributed by atoms with van der Waals surface area (Å²) in [5.41, 5.74) is 1.80. The summed E-state index contributed by atoms with van der Waals surface area (Å²) >= 11 is 0. The number of hydrogen-bond acceptors (Lipinski definition) is 1. The lowest BCUT2D eigenvalue weighted by atomic mass is 10.4. The van der Waals surface area contributed by atoms with Gasteiger partial charge in [-0.15, -0.1) is 0 Å². The molecule has 0 aromatic carbocycles. The molecule has 13 heavy (non-hydrogen) atoms. The van der Waals surface area contributed by atoms with Gasteiger partial charge in [-0.05, 0) is 24.3 Å². The van der Waals surface area contributed by atoms with Crippen LogP contribution >= 0.6 is 0 Å². The van der Waals surface area contributed by atoms with E-state index in [1.165, 1.54) is 0 Å². The first kappa shape index (κ1) is 7.86. The van der Waals surface area contributed by atoms with Gasteiger partial charge in [0.1, 0.15) is 0 Å². The Morgan fingerprint density at radius 2 is 2.31 bits per heavy atom. The second kappa shape index (κ2) is 3.31. The van der Waals surface area contributed by atoms with Crippen LogP contribution in [-0.2, 0) is 6.54 Å². The van der Waals surface area contributed by atoms with Gasteiger partial charge in [-0.25, -0.2) is 0 Å². The van der Waals surface area contributed by atoms with Crippen LogP contribution in [0.15, 0.2) is 36.7 Å². The van der Waals surface area contributed by atoms with E-state index in [0.717, 1.165) is 12.0 Å². The van der Waals surface area contributed by atoms with Crippen LogP contribution in [0.5, 0.6) is 0 Å². The van der Waals surface area contributed by atoms with Crippen LogP contribution in [-0.4, -0.2) is 15.8 Å². The lowest BCUT2D eigenvalue weighted by molar-refractivity contribution is 0.111. The highest BCUT2D eigenvalue weighted by Gasteiger charge is 1.99. The van der Waals surface area contributed by atoms with Gasteiger partial charge in [-0.3, -0.25) is 4.79 Å². The predicted molar refractivity (Wildman–Crippen MR) is 49.7 cm³/mol.